The minimum Gasteiger partial charge on any atom is -0.473 e. The molecular weight excluding hydrogens is 350 g/mol. The molecule has 0 saturated heterocycles. The van der Waals surface area contributed by atoms with E-state index in [0.717, 1.165) is 16.6 Å². The number of benzene rings is 2. The van der Waals surface area contributed by atoms with Crippen LogP contribution in [0.25, 0.3) is 11.0 Å². The van der Waals surface area contributed by atoms with Crippen molar-refractivity contribution in [2.45, 2.75) is 53.6 Å². The summed E-state index contributed by atoms with van der Waals surface area (Å²) in [4.78, 5) is 22.1. The van der Waals surface area contributed by atoms with Gasteiger partial charge in [0.2, 0.25) is 5.88 Å². The van der Waals surface area contributed by atoms with Gasteiger partial charge in [0.15, 0.2) is 5.69 Å². The third-order valence-corrected chi connectivity index (χ3v) is 4.65. The van der Waals surface area contributed by atoms with Crippen LogP contribution < -0.4 is 10.1 Å². The van der Waals surface area contributed by atoms with Crippen molar-refractivity contribution in [1.82, 2.24) is 9.97 Å². The van der Waals surface area contributed by atoms with E-state index in [1.165, 1.54) is 5.56 Å². The largest absolute Gasteiger partial charge is 0.473 e. The Bertz CT molecular complexity index is 1010. The third kappa shape index (κ3) is 4.30. The van der Waals surface area contributed by atoms with Crippen LogP contribution in [0.15, 0.2) is 36.4 Å². The number of rotatable bonds is 5. The predicted octanol–water partition coefficient (Wildman–Crippen LogP) is 5.41. The average Bonchev–Trinajstić information content (AvgIpc) is 2.62. The molecule has 0 fully saturated rings. The van der Waals surface area contributed by atoms with Crippen molar-refractivity contribution in [2.24, 2.45) is 0 Å². The number of amides is 1. The number of hydrogen-bond donors (Lipinski definition) is 1. The lowest BCUT2D eigenvalue weighted by Gasteiger charge is -2.14. The summed E-state index contributed by atoms with van der Waals surface area (Å²) in [6.07, 6.45) is -0.116. The molecule has 3 rings (SSSR count). The molecule has 0 atom stereocenters. The van der Waals surface area contributed by atoms with Gasteiger partial charge in [-0.1, -0.05) is 26.0 Å². The number of fused-ring (bicyclic) bond motifs is 1. The summed E-state index contributed by atoms with van der Waals surface area (Å²) in [5.41, 5.74) is 5.76. The fourth-order valence-corrected chi connectivity index (χ4v) is 2.89. The topological polar surface area (TPSA) is 64.1 Å². The molecule has 0 aliphatic rings. The second-order valence-corrected chi connectivity index (χ2v) is 7.70. The quantitative estimate of drug-likeness (QED) is 0.646. The first kappa shape index (κ1) is 19.8. The first-order chi connectivity index (χ1) is 13.2. The number of nitrogens with zero attached hydrogens (tertiary/aromatic N) is 2. The number of aryl methyl sites for hydroxylation is 2. The van der Waals surface area contributed by atoms with E-state index in [-0.39, 0.29) is 23.6 Å². The second kappa shape index (κ2) is 7.97. The van der Waals surface area contributed by atoms with Crippen LogP contribution in [0.2, 0.25) is 0 Å². The Kier molecular flexibility index (Phi) is 5.63. The van der Waals surface area contributed by atoms with Gasteiger partial charge in [-0.2, -0.15) is 0 Å². The van der Waals surface area contributed by atoms with Crippen LogP contribution in [0.4, 0.5) is 5.69 Å². The van der Waals surface area contributed by atoms with Crippen LogP contribution in [0, 0.1) is 13.8 Å². The number of anilines is 1. The summed E-state index contributed by atoms with van der Waals surface area (Å²) >= 11 is 0. The highest BCUT2D eigenvalue weighted by Gasteiger charge is 2.19. The molecule has 2 aromatic carbocycles. The molecule has 0 aliphatic heterocycles. The molecule has 1 heterocycles. The summed E-state index contributed by atoms with van der Waals surface area (Å²) in [5.74, 6) is 0.358. The molecule has 0 aliphatic carbocycles. The Labute approximate surface area is 166 Å². The molecule has 28 heavy (non-hydrogen) atoms. The fourth-order valence-electron chi connectivity index (χ4n) is 2.89. The first-order valence-corrected chi connectivity index (χ1v) is 9.61. The maximum absolute atomic E-state index is 12.9. The summed E-state index contributed by atoms with van der Waals surface area (Å²) in [6.45, 7) is 12.1. The fraction of sp³-hybridized carbons (Fsp3) is 0.348. The van der Waals surface area contributed by atoms with Crippen molar-refractivity contribution in [3.05, 3.63) is 58.8 Å². The minimum atomic E-state index is -0.333. The van der Waals surface area contributed by atoms with Gasteiger partial charge in [-0.25, -0.2) is 9.97 Å². The lowest BCUT2D eigenvalue weighted by Crippen LogP contribution is -2.18. The Morgan fingerprint density at radius 3 is 2.04 bits per heavy atom. The number of nitrogens with one attached hydrogen (secondary N) is 1. The summed E-state index contributed by atoms with van der Waals surface area (Å²) < 4.78 is 5.80. The number of carbonyl (C=O) groups is 1. The smallest absolute Gasteiger partial charge is 0.279 e. The van der Waals surface area contributed by atoms with Crippen LogP contribution in [-0.4, -0.2) is 22.0 Å². The highest BCUT2D eigenvalue weighted by Crippen LogP contribution is 2.24. The summed E-state index contributed by atoms with van der Waals surface area (Å²) in [6, 6.07) is 11.8. The van der Waals surface area contributed by atoms with Crippen molar-refractivity contribution in [1.29, 1.82) is 0 Å². The van der Waals surface area contributed by atoms with Gasteiger partial charge in [-0.15, -0.1) is 0 Å². The van der Waals surface area contributed by atoms with Gasteiger partial charge in [-0.05, 0) is 74.6 Å². The van der Waals surface area contributed by atoms with E-state index in [9.17, 15) is 4.79 Å². The minimum absolute atomic E-state index is 0.116. The van der Waals surface area contributed by atoms with E-state index in [1.54, 1.807) is 0 Å². The zero-order chi connectivity index (χ0) is 20.4. The van der Waals surface area contributed by atoms with Gasteiger partial charge in [0, 0.05) is 5.69 Å². The van der Waals surface area contributed by atoms with Crippen LogP contribution in [0.5, 0.6) is 5.88 Å². The number of ether oxygens (including phenoxy) is 1. The molecule has 0 spiro atoms. The SMILES string of the molecule is Cc1cc2nc(OC(C)C)c(C(=O)Nc3ccc(C(C)C)cc3)nc2cc1C. The van der Waals surface area contributed by atoms with Gasteiger partial charge < -0.3 is 10.1 Å². The second-order valence-electron chi connectivity index (χ2n) is 7.70. The molecule has 0 radical (unpaired) electrons. The lowest BCUT2D eigenvalue weighted by molar-refractivity contribution is 0.101. The zero-order valence-corrected chi connectivity index (χ0v) is 17.3. The van der Waals surface area contributed by atoms with Crippen molar-refractivity contribution in [3.63, 3.8) is 0 Å². The molecule has 3 aromatic rings. The maximum Gasteiger partial charge on any atom is 0.279 e. The third-order valence-electron chi connectivity index (χ3n) is 4.65. The van der Waals surface area contributed by atoms with Crippen molar-refractivity contribution >= 4 is 22.6 Å². The standard InChI is InChI=1S/C23H27N3O2/c1-13(2)17-7-9-18(10-8-17)24-22(27)21-23(28-14(3)4)26-20-12-16(6)15(5)11-19(20)25-21/h7-14H,1-6H3,(H,24,27). The van der Waals surface area contributed by atoms with Crippen LogP contribution in [0.1, 0.15) is 60.8 Å². The van der Waals surface area contributed by atoms with E-state index >= 15 is 0 Å². The van der Waals surface area contributed by atoms with Crippen LogP contribution >= 0.6 is 0 Å². The van der Waals surface area contributed by atoms with E-state index in [1.807, 2.05) is 64.1 Å². The lowest BCUT2D eigenvalue weighted by atomic mass is 10.0. The molecular formula is C23H27N3O2. The molecule has 1 amide bonds. The van der Waals surface area contributed by atoms with Crippen LogP contribution in [-0.2, 0) is 0 Å². The molecule has 0 saturated carbocycles. The molecule has 146 valence electrons. The highest BCUT2D eigenvalue weighted by molar-refractivity contribution is 6.05. The summed E-state index contributed by atoms with van der Waals surface area (Å²) in [5, 5.41) is 2.91. The Hall–Kier alpha value is -2.95. The summed E-state index contributed by atoms with van der Waals surface area (Å²) in [7, 11) is 0. The van der Waals surface area contributed by atoms with Crippen molar-refractivity contribution in [3.8, 4) is 5.88 Å². The van der Waals surface area contributed by atoms with Gasteiger partial charge in [0.25, 0.3) is 5.91 Å². The monoisotopic (exact) mass is 377 g/mol. The van der Waals surface area contributed by atoms with Gasteiger partial charge in [0.05, 0.1) is 17.1 Å². The Morgan fingerprint density at radius 2 is 1.50 bits per heavy atom. The maximum atomic E-state index is 12.9. The predicted molar refractivity (Wildman–Crippen MR) is 113 cm³/mol. The number of hydrogen-bond acceptors (Lipinski definition) is 4. The average molecular weight is 377 g/mol. The molecule has 5 nitrogen and oxygen atoms in total. The number of aromatic nitrogens is 2. The van der Waals surface area contributed by atoms with Gasteiger partial charge >= 0.3 is 0 Å². The Balaban J connectivity index is 1.98. The molecule has 5 heteroatoms. The van der Waals surface area contributed by atoms with E-state index in [0.29, 0.717) is 17.1 Å². The number of carbonyl (C=O) groups excluding carboxylic acids is 1. The van der Waals surface area contributed by atoms with Crippen LogP contribution in [0.3, 0.4) is 0 Å². The van der Waals surface area contributed by atoms with E-state index < -0.39 is 0 Å². The van der Waals surface area contributed by atoms with E-state index in [4.69, 9.17) is 4.74 Å². The van der Waals surface area contributed by atoms with Gasteiger partial charge in [-0.3, -0.25) is 4.79 Å². The highest BCUT2D eigenvalue weighted by atomic mass is 16.5. The Morgan fingerprint density at radius 1 is 0.929 bits per heavy atom. The van der Waals surface area contributed by atoms with Crippen molar-refractivity contribution < 1.29 is 9.53 Å². The van der Waals surface area contributed by atoms with E-state index in [2.05, 4.69) is 29.1 Å². The first-order valence-electron chi connectivity index (χ1n) is 9.61. The normalized spacial score (nSPS) is 11.3. The zero-order valence-electron chi connectivity index (χ0n) is 17.3. The molecule has 0 unspecified atom stereocenters. The molecule has 1 N–H and O–H groups in total. The van der Waals surface area contributed by atoms with Crippen molar-refractivity contribution in [2.75, 3.05) is 5.32 Å². The molecule has 1 aromatic heterocycles. The molecule has 0 bridgehead atoms. The van der Waals surface area contributed by atoms with Gasteiger partial charge in [0.1, 0.15) is 0 Å².